The Morgan fingerprint density at radius 2 is 2.19 bits per heavy atom. The third-order valence-corrected chi connectivity index (χ3v) is 4.98. The summed E-state index contributed by atoms with van der Waals surface area (Å²) in [5.41, 5.74) is 0.147. The SMILES string of the molecule is N#CCCn1ncc(C#N)c1N1CC(S(=O)(=O)Cl)CC1=O. The minimum Gasteiger partial charge on any atom is -0.295 e. The lowest BCUT2D eigenvalue weighted by molar-refractivity contribution is -0.117. The van der Waals surface area contributed by atoms with E-state index in [4.69, 9.17) is 21.2 Å². The van der Waals surface area contributed by atoms with E-state index in [1.165, 1.54) is 15.8 Å². The van der Waals surface area contributed by atoms with Crippen LogP contribution in [0.4, 0.5) is 5.82 Å². The quantitative estimate of drug-likeness (QED) is 0.735. The number of amides is 1. The Balaban J connectivity index is 2.38. The van der Waals surface area contributed by atoms with E-state index in [0.29, 0.717) is 0 Å². The van der Waals surface area contributed by atoms with Crippen molar-refractivity contribution < 1.29 is 13.2 Å². The number of nitriles is 2. The van der Waals surface area contributed by atoms with Gasteiger partial charge in [0.2, 0.25) is 15.0 Å². The number of anilines is 1. The maximum absolute atomic E-state index is 12.0. The lowest BCUT2D eigenvalue weighted by atomic mass is 10.3. The van der Waals surface area contributed by atoms with Gasteiger partial charge in [-0.15, -0.1) is 0 Å². The van der Waals surface area contributed by atoms with Gasteiger partial charge < -0.3 is 0 Å². The molecule has 0 radical (unpaired) electrons. The van der Waals surface area contributed by atoms with Gasteiger partial charge in [-0.1, -0.05) is 0 Å². The zero-order valence-electron chi connectivity index (χ0n) is 10.7. The molecule has 0 aliphatic carbocycles. The number of aryl methyl sites for hydroxylation is 1. The number of halogens is 1. The van der Waals surface area contributed by atoms with Gasteiger partial charge in [0.1, 0.15) is 16.9 Å². The van der Waals surface area contributed by atoms with Crippen molar-refractivity contribution in [2.75, 3.05) is 11.4 Å². The predicted molar refractivity (Wildman–Crippen MR) is 72.7 cm³/mol. The minimum atomic E-state index is -3.86. The van der Waals surface area contributed by atoms with Gasteiger partial charge in [0.05, 0.1) is 25.2 Å². The number of nitrogens with zero attached hydrogens (tertiary/aromatic N) is 5. The summed E-state index contributed by atoms with van der Waals surface area (Å²) in [4.78, 5) is 13.2. The Labute approximate surface area is 125 Å². The molecule has 0 N–H and O–H groups in total. The molecule has 21 heavy (non-hydrogen) atoms. The summed E-state index contributed by atoms with van der Waals surface area (Å²) in [6.07, 6.45) is 1.20. The molecule has 0 spiro atoms. The summed E-state index contributed by atoms with van der Waals surface area (Å²) in [5, 5.41) is 20.6. The van der Waals surface area contributed by atoms with Gasteiger partial charge in [-0.05, 0) is 0 Å². The van der Waals surface area contributed by atoms with Crippen LogP contribution in [-0.4, -0.2) is 35.9 Å². The molecule has 1 amide bonds. The first kappa shape index (κ1) is 15.3. The molecule has 8 nitrogen and oxygen atoms in total. The first-order valence-corrected chi connectivity index (χ1v) is 8.32. The first-order chi connectivity index (χ1) is 9.88. The van der Waals surface area contributed by atoms with Crippen LogP contribution >= 0.6 is 10.7 Å². The van der Waals surface area contributed by atoms with Crippen LogP contribution in [0.2, 0.25) is 0 Å². The van der Waals surface area contributed by atoms with Gasteiger partial charge in [-0.3, -0.25) is 9.69 Å². The number of carbonyl (C=O) groups excluding carboxylic acids is 1. The number of hydrogen-bond donors (Lipinski definition) is 0. The lowest BCUT2D eigenvalue weighted by Gasteiger charge is -2.17. The summed E-state index contributed by atoms with van der Waals surface area (Å²) in [6.45, 7) is 0.0766. The molecule has 1 aromatic heterocycles. The third-order valence-electron chi connectivity index (χ3n) is 3.11. The molecular formula is C11H10ClN5O3S. The highest BCUT2D eigenvalue weighted by atomic mass is 35.7. The van der Waals surface area contributed by atoms with Crippen molar-refractivity contribution in [3.05, 3.63) is 11.8 Å². The molecule has 1 saturated heterocycles. The van der Waals surface area contributed by atoms with Gasteiger partial charge in [-0.25, -0.2) is 13.1 Å². The van der Waals surface area contributed by atoms with Gasteiger partial charge in [0.25, 0.3) is 0 Å². The normalized spacial score (nSPS) is 18.5. The van der Waals surface area contributed by atoms with Crippen molar-refractivity contribution >= 4 is 31.5 Å². The highest BCUT2D eigenvalue weighted by molar-refractivity contribution is 8.14. The van der Waals surface area contributed by atoms with Crippen molar-refractivity contribution in [3.8, 4) is 12.1 Å². The Bertz CT molecular complexity index is 758. The highest BCUT2D eigenvalue weighted by Gasteiger charge is 2.40. The Hall–Kier alpha value is -2.10. The standard InChI is InChI=1S/C11H10ClN5O3S/c12-21(19,20)9-4-10(18)16(7-9)11-8(5-14)6-15-17(11)3-1-2-13/h6,9H,1,3-4,7H2. The fourth-order valence-corrected chi connectivity index (χ4v) is 3.16. The number of hydrogen-bond acceptors (Lipinski definition) is 6. The van der Waals surface area contributed by atoms with Crippen molar-refractivity contribution in [1.29, 1.82) is 10.5 Å². The van der Waals surface area contributed by atoms with Gasteiger partial charge in [0, 0.05) is 23.6 Å². The Morgan fingerprint density at radius 3 is 2.71 bits per heavy atom. The molecule has 1 aliphatic rings. The van der Waals surface area contributed by atoms with Crippen LogP contribution in [0.3, 0.4) is 0 Å². The molecule has 1 aromatic rings. The molecule has 110 valence electrons. The van der Waals surface area contributed by atoms with Crippen molar-refractivity contribution in [1.82, 2.24) is 9.78 Å². The first-order valence-electron chi connectivity index (χ1n) is 5.95. The molecule has 0 aromatic carbocycles. The van der Waals surface area contributed by atoms with E-state index in [1.807, 2.05) is 12.1 Å². The highest BCUT2D eigenvalue weighted by Crippen LogP contribution is 2.29. The number of aromatic nitrogens is 2. The van der Waals surface area contributed by atoms with E-state index in [1.54, 1.807) is 0 Å². The van der Waals surface area contributed by atoms with E-state index < -0.39 is 20.2 Å². The molecule has 1 atom stereocenters. The van der Waals surface area contributed by atoms with E-state index in [-0.39, 0.29) is 37.3 Å². The molecule has 2 heterocycles. The second-order valence-corrected chi connectivity index (χ2v) is 7.34. The zero-order valence-corrected chi connectivity index (χ0v) is 12.3. The zero-order chi connectivity index (χ0) is 15.6. The fraction of sp³-hybridized carbons (Fsp3) is 0.455. The lowest BCUT2D eigenvalue weighted by Crippen LogP contribution is -2.29. The van der Waals surface area contributed by atoms with Crippen LogP contribution in [0.15, 0.2) is 6.20 Å². The van der Waals surface area contributed by atoms with Crippen LogP contribution < -0.4 is 4.90 Å². The molecule has 0 bridgehead atoms. The monoisotopic (exact) mass is 327 g/mol. The second kappa shape index (κ2) is 5.72. The van der Waals surface area contributed by atoms with E-state index in [0.717, 1.165) is 0 Å². The summed E-state index contributed by atoms with van der Waals surface area (Å²) < 4.78 is 24.1. The van der Waals surface area contributed by atoms with Gasteiger partial charge in [0.15, 0.2) is 5.82 Å². The molecule has 1 unspecified atom stereocenters. The van der Waals surface area contributed by atoms with Crippen molar-refractivity contribution in [2.24, 2.45) is 0 Å². The maximum atomic E-state index is 12.0. The van der Waals surface area contributed by atoms with E-state index in [2.05, 4.69) is 5.10 Å². The summed E-state index contributed by atoms with van der Waals surface area (Å²) in [6, 6.07) is 3.84. The van der Waals surface area contributed by atoms with Crippen LogP contribution in [0.25, 0.3) is 0 Å². The van der Waals surface area contributed by atoms with Gasteiger partial charge in [-0.2, -0.15) is 15.6 Å². The van der Waals surface area contributed by atoms with Gasteiger partial charge >= 0.3 is 0 Å². The summed E-state index contributed by atoms with van der Waals surface area (Å²) in [7, 11) is 1.43. The van der Waals surface area contributed by atoms with Crippen LogP contribution in [0.5, 0.6) is 0 Å². The molecule has 10 heteroatoms. The van der Waals surface area contributed by atoms with E-state index >= 15 is 0 Å². The molecular weight excluding hydrogens is 318 g/mol. The van der Waals surface area contributed by atoms with Crippen molar-refractivity contribution in [2.45, 2.75) is 24.6 Å². The maximum Gasteiger partial charge on any atom is 0.237 e. The fourth-order valence-electron chi connectivity index (χ4n) is 2.13. The average molecular weight is 328 g/mol. The Morgan fingerprint density at radius 1 is 1.48 bits per heavy atom. The smallest absolute Gasteiger partial charge is 0.237 e. The molecule has 1 fully saturated rings. The van der Waals surface area contributed by atoms with E-state index in [9.17, 15) is 13.2 Å². The average Bonchev–Trinajstić information content (AvgIpc) is 2.98. The predicted octanol–water partition coefficient (Wildman–Crippen LogP) is 0.342. The van der Waals surface area contributed by atoms with Crippen LogP contribution in [0, 0.1) is 22.7 Å². The summed E-state index contributed by atoms with van der Waals surface area (Å²) in [5.74, 6) is -0.236. The second-order valence-electron chi connectivity index (χ2n) is 4.43. The number of rotatable bonds is 4. The molecule has 1 aliphatic heterocycles. The Kier molecular flexibility index (Phi) is 4.16. The largest absolute Gasteiger partial charge is 0.295 e. The van der Waals surface area contributed by atoms with Crippen LogP contribution in [-0.2, 0) is 20.4 Å². The minimum absolute atomic E-state index is 0.127. The van der Waals surface area contributed by atoms with Crippen molar-refractivity contribution in [3.63, 3.8) is 0 Å². The molecule has 0 saturated carbocycles. The summed E-state index contributed by atoms with van der Waals surface area (Å²) >= 11 is 0. The third kappa shape index (κ3) is 2.99. The van der Waals surface area contributed by atoms with Crippen LogP contribution in [0.1, 0.15) is 18.4 Å². The topological polar surface area (TPSA) is 120 Å². The molecule has 2 rings (SSSR count). The number of carbonyl (C=O) groups is 1.